The summed E-state index contributed by atoms with van der Waals surface area (Å²) in [5.74, 6) is -0.576. The number of amides is 2. The van der Waals surface area contributed by atoms with Crippen molar-refractivity contribution in [3.8, 4) is 0 Å². The largest absolute Gasteiger partial charge is 0.327 e. The number of hydrogen-bond donors (Lipinski definition) is 1. The van der Waals surface area contributed by atoms with Gasteiger partial charge in [0, 0.05) is 11.0 Å². The van der Waals surface area contributed by atoms with Gasteiger partial charge in [0.15, 0.2) is 0 Å². The number of carbonyl (C=O) groups is 2. The molecule has 5 heteroatoms. The van der Waals surface area contributed by atoms with Gasteiger partial charge in [0.05, 0.1) is 17.7 Å². The highest BCUT2D eigenvalue weighted by Gasteiger charge is 2.35. The second kappa shape index (κ2) is 4.43. The van der Waals surface area contributed by atoms with Gasteiger partial charge in [-0.05, 0) is 23.8 Å². The van der Waals surface area contributed by atoms with E-state index >= 15 is 0 Å². The quantitative estimate of drug-likeness (QED) is 0.680. The zero-order valence-electron chi connectivity index (χ0n) is 9.07. The standard InChI is InChI=1S/C12H11BrN2O2/c1-7(5-14)6-15-11(16)9-3-2-8(13)4-10(9)12(15)17/h2-4H,1,5-6,14H2. The first-order chi connectivity index (χ1) is 8.04. The summed E-state index contributed by atoms with van der Waals surface area (Å²) in [6, 6.07) is 5.04. The van der Waals surface area contributed by atoms with Crippen molar-refractivity contribution in [2.75, 3.05) is 13.1 Å². The predicted molar refractivity (Wildman–Crippen MR) is 67.7 cm³/mol. The molecular formula is C12H11BrN2O2. The van der Waals surface area contributed by atoms with Gasteiger partial charge in [-0.3, -0.25) is 14.5 Å². The molecule has 1 aromatic carbocycles. The van der Waals surface area contributed by atoms with E-state index < -0.39 is 0 Å². The van der Waals surface area contributed by atoms with Crippen LogP contribution in [0.4, 0.5) is 0 Å². The number of nitrogens with zero attached hydrogens (tertiary/aromatic N) is 1. The van der Waals surface area contributed by atoms with Crippen molar-refractivity contribution in [3.05, 3.63) is 46.0 Å². The summed E-state index contributed by atoms with van der Waals surface area (Å²) in [4.78, 5) is 25.2. The fourth-order valence-electron chi connectivity index (χ4n) is 1.69. The van der Waals surface area contributed by atoms with Gasteiger partial charge in [0.1, 0.15) is 0 Å². The Morgan fingerprint density at radius 2 is 1.94 bits per heavy atom. The summed E-state index contributed by atoms with van der Waals surface area (Å²) in [5.41, 5.74) is 6.92. The second-order valence-electron chi connectivity index (χ2n) is 3.84. The minimum absolute atomic E-state index is 0.181. The Kier molecular flexibility index (Phi) is 3.13. The lowest BCUT2D eigenvalue weighted by atomic mass is 10.1. The number of carbonyl (C=O) groups excluding carboxylic acids is 2. The van der Waals surface area contributed by atoms with E-state index in [1.165, 1.54) is 4.90 Å². The van der Waals surface area contributed by atoms with Gasteiger partial charge >= 0.3 is 0 Å². The van der Waals surface area contributed by atoms with E-state index in [2.05, 4.69) is 22.5 Å². The van der Waals surface area contributed by atoms with Crippen LogP contribution >= 0.6 is 15.9 Å². The van der Waals surface area contributed by atoms with Crippen LogP contribution in [0.15, 0.2) is 34.8 Å². The first-order valence-corrected chi connectivity index (χ1v) is 5.86. The molecule has 0 saturated heterocycles. The van der Waals surface area contributed by atoms with Gasteiger partial charge < -0.3 is 5.73 Å². The molecule has 0 bridgehead atoms. The van der Waals surface area contributed by atoms with Gasteiger partial charge in [-0.25, -0.2) is 0 Å². The number of rotatable bonds is 3. The normalized spacial score (nSPS) is 14.1. The van der Waals surface area contributed by atoms with Crippen LogP contribution in [0.2, 0.25) is 0 Å². The molecule has 0 saturated carbocycles. The fraction of sp³-hybridized carbons (Fsp3) is 0.167. The van der Waals surface area contributed by atoms with E-state index in [-0.39, 0.29) is 24.9 Å². The average molecular weight is 295 g/mol. The molecule has 0 spiro atoms. The molecule has 1 aliphatic heterocycles. The third-order valence-electron chi connectivity index (χ3n) is 2.60. The third kappa shape index (κ3) is 2.03. The van der Waals surface area contributed by atoms with Crippen LogP contribution in [-0.4, -0.2) is 29.8 Å². The third-order valence-corrected chi connectivity index (χ3v) is 3.10. The first kappa shape index (κ1) is 12.0. The zero-order chi connectivity index (χ0) is 12.6. The summed E-state index contributed by atoms with van der Waals surface area (Å²) in [6.45, 7) is 4.15. The maximum absolute atomic E-state index is 12.0. The molecule has 0 aliphatic carbocycles. The van der Waals surface area contributed by atoms with Crippen LogP contribution in [0.1, 0.15) is 20.7 Å². The van der Waals surface area contributed by atoms with Crippen LogP contribution in [0.3, 0.4) is 0 Å². The Balaban J connectivity index is 2.35. The molecule has 88 valence electrons. The molecule has 17 heavy (non-hydrogen) atoms. The highest BCUT2D eigenvalue weighted by atomic mass is 79.9. The van der Waals surface area contributed by atoms with E-state index in [9.17, 15) is 9.59 Å². The van der Waals surface area contributed by atoms with Crippen molar-refractivity contribution >= 4 is 27.7 Å². The minimum Gasteiger partial charge on any atom is -0.327 e. The van der Waals surface area contributed by atoms with Gasteiger partial charge in [0.25, 0.3) is 11.8 Å². The van der Waals surface area contributed by atoms with Crippen LogP contribution in [0, 0.1) is 0 Å². The van der Waals surface area contributed by atoms with E-state index in [0.29, 0.717) is 16.7 Å². The van der Waals surface area contributed by atoms with Crippen molar-refractivity contribution in [3.63, 3.8) is 0 Å². The molecule has 1 aromatic rings. The number of hydrogen-bond acceptors (Lipinski definition) is 3. The van der Waals surface area contributed by atoms with Crippen molar-refractivity contribution in [1.82, 2.24) is 4.90 Å². The Morgan fingerprint density at radius 1 is 1.29 bits per heavy atom. The number of nitrogens with two attached hydrogens (primary N) is 1. The lowest BCUT2D eigenvalue weighted by Crippen LogP contribution is -2.32. The molecule has 0 unspecified atom stereocenters. The Bertz CT molecular complexity index is 525. The molecule has 2 amide bonds. The zero-order valence-corrected chi connectivity index (χ0v) is 10.7. The number of fused-ring (bicyclic) bond motifs is 1. The van der Waals surface area contributed by atoms with Crippen LogP contribution < -0.4 is 5.73 Å². The van der Waals surface area contributed by atoms with Gasteiger partial charge in [-0.1, -0.05) is 22.5 Å². The second-order valence-corrected chi connectivity index (χ2v) is 4.76. The van der Waals surface area contributed by atoms with E-state index in [1.807, 2.05) is 0 Å². The summed E-state index contributed by atoms with van der Waals surface area (Å²) < 4.78 is 0.775. The molecule has 0 radical (unpaired) electrons. The molecule has 0 fully saturated rings. The SMILES string of the molecule is C=C(CN)CN1C(=O)c2ccc(Br)cc2C1=O. The average Bonchev–Trinajstić information content (AvgIpc) is 2.54. The lowest BCUT2D eigenvalue weighted by Gasteiger charge is -2.14. The van der Waals surface area contributed by atoms with Crippen LogP contribution in [-0.2, 0) is 0 Å². The van der Waals surface area contributed by atoms with Gasteiger partial charge in [-0.15, -0.1) is 0 Å². The van der Waals surface area contributed by atoms with Crippen molar-refractivity contribution < 1.29 is 9.59 Å². The highest BCUT2D eigenvalue weighted by Crippen LogP contribution is 2.26. The molecule has 2 N–H and O–H groups in total. The van der Waals surface area contributed by atoms with Crippen molar-refractivity contribution in [1.29, 1.82) is 0 Å². The lowest BCUT2D eigenvalue weighted by molar-refractivity contribution is 0.0668. The minimum atomic E-state index is -0.291. The fourth-order valence-corrected chi connectivity index (χ4v) is 2.06. The smallest absolute Gasteiger partial charge is 0.261 e. The summed E-state index contributed by atoms with van der Waals surface area (Å²) >= 11 is 3.28. The molecule has 2 rings (SSSR count). The first-order valence-electron chi connectivity index (χ1n) is 5.07. The van der Waals surface area contributed by atoms with E-state index in [1.54, 1.807) is 18.2 Å². The Labute approximate surface area is 107 Å². The van der Waals surface area contributed by atoms with Crippen molar-refractivity contribution in [2.24, 2.45) is 5.73 Å². The monoisotopic (exact) mass is 294 g/mol. The maximum Gasteiger partial charge on any atom is 0.261 e. The number of halogens is 1. The highest BCUT2D eigenvalue weighted by molar-refractivity contribution is 9.10. The molecular weight excluding hydrogens is 284 g/mol. The molecule has 4 nitrogen and oxygen atoms in total. The van der Waals surface area contributed by atoms with Gasteiger partial charge in [-0.2, -0.15) is 0 Å². The van der Waals surface area contributed by atoms with Gasteiger partial charge in [0.2, 0.25) is 0 Å². The van der Waals surface area contributed by atoms with E-state index in [4.69, 9.17) is 5.73 Å². The molecule has 1 heterocycles. The summed E-state index contributed by atoms with van der Waals surface area (Å²) in [7, 11) is 0. The predicted octanol–water partition coefficient (Wildman–Crippen LogP) is 1.56. The molecule has 0 aromatic heterocycles. The number of benzene rings is 1. The molecule has 1 aliphatic rings. The summed E-state index contributed by atoms with van der Waals surface area (Å²) in [6.07, 6.45) is 0. The number of imide groups is 1. The van der Waals surface area contributed by atoms with Crippen molar-refractivity contribution in [2.45, 2.75) is 0 Å². The topological polar surface area (TPSA) is 63.4 Å². The summed E-state index contributed by atoms with van der Waals surface area (Å²) in [5, 5.41) is 0. The van der Waals surface area contributed by atoms with Crippen LogP contribution in [0.5, 0.6) is 0 Å². The Morgan fingerprint density at radius 3 is 2.59 bits per heavy atom. The van der Waals surface area contributed by atoms with E-state index in [0.717, 1.165) is 4.47 Å². The van der Waals surface area contributed by atoms with Crippen LogP contribution in [0.25, 0.3) is 0 Å². The maximum atomic E-state index is 12.0. The molecule has 0 atom stereocenters. The Hall–Kier alpha value is -1.46.